The third kappa shape index (κ3) is 2.66. The van der Waals surface area contributed by atoms with Crippen molar-refractivity contribution in [3.8, 4) is 6.07 Å². The highest BCUT2D eigenvalue weighted by atomic mass is 32.2. The number of benzene rings is 5. The van der Waals surface area contributed by atoms with Gasteiger partial charge in [0.05, 0.1) is 23.0 Å². The Balaban J connectivity index is 1.56. The van der Waals surface area contributed by atoms with Crippen molar-refractivity contribution in [1.82, 2.24) is 0 Å². The maximum absolute atomic E-state index is 9.19. The molecule has 0 saturated heterocycles. The van der Waals surface area contributed by atoms with Gasteiger partial charge in [-0.05, 0) is 82.2 Å². The van der Waals surface area contributed by atoms with Gasteiger partial charge in [0.1, 0.15) is 0 Å². The summed E-state index contributed by atoms with van der Waals surface area (Å²) in [5, 5.41) is 13.8. The average molecular weight is 401 g/mol. The molecule has 0 bridgehead atoms. The second kappa shape index (κ2) is 6.66. The molecule has 5 aromatic carbocycles. The van der Waals surface area contributed by atoms with Gasteiger partial charge in [-0.3, -0.25) is 0 Å². The summed E-state index contributed by atoms with van der Waals surface area (Å²) in [5.41, 5.74) is 4.26. The molecule has 30 heavy (non-hydrogen) atoms. The quantitative estimate of drug-likeness (QED) is 0.263. The van der Waals surface area contributed by atoms with Gasteiger partial charge in [-0.25, -0.2) is 0 Å². The molecule has 1 aliphatic rings. The number of rotatable bonds is 1. The molecule has 1 heterocycles. The smallest absolute Gasteiger partial charge is 0.0991 e. The van der Waals surface area contributed by atoms with Crippen LogP contribution in [0.2, 0.25) is 0 Å². The fourth-order valence-corrected chi connectivity index (χ4v) is 5.23. The molecular formula is C27H16N2S. The Morgan fingerprint density at radius 3 is 1.87 bits per heavy atom. The lowest BCUT2D eigenvalue weighted by Crippen LogP contribution is -2.14. The summed E-state index contributed by atoms with van der Waals surface area (Å²) in [5.74, 6) is 0. The predicted molar refractivity (Wildman–Crippen MR) is 125 cm³/mol. The van der Waals surface area contributed by atoms with E-state index in [1.165, 1.54) is 31.9 Å². The van der Waals surface area contributed by atoms with Crippen LogP contribution in [0.5, 0.6) is 0 Å². The van der Waals surface area contributed by atoms with Crippen LogP contribution in [0.1, 0.15) is 5.56 Å². The number of anilines is 3. The zero-order chi connectivity index (χ0) is 20.1. The molecule has 1 aliphatic heterocycles. The molecule has 140 valence electrons. The van der Waals surface area contributed by atoms with Gasteiger partial charge >= 0.3 is 0 Å². The SMILES string of the molecule is N#Cc1ccc2cc3cc(N4c5ccccc5Sc5ccccc54)ccc3cc2c1. The van der Waals surface area contributed by atoms with E-state index in [4.69, 9.17) is 0 Å². The summed E-state index contributed by atoms with van der Waals surface area (Å²) in [6.07, 6.45) is 0. The molecule has 3 heteroatoms. The lowest BCUT2D eigenvalue weighted by Gasteiger charge is -2.33. The number of nitrogens with zero attached hydrogens (tertiary/aromatic N) is 2. The third-order valence-electron chi connectivity index (χ3n) is 5.60. The third-order valence-corrected chi connectivity index (χ3v) is 6.73. The molecule has 0 unspecified atom stereocenters. The molecule has 0 spiro atoms. The normalized spacial score (nSPS) is 12.4. The second-order valence-corrected chi connectivity index (χ2v) is 8.51. The van der Waals surface area contributed by atoms with Crippen LogP contribution in [-0.4, -0.2) is 0 Å². The summed E-state index contributed by atoms with van der Waals surface area (Å²) in [6, 6.07) is 36.2. The highest BCUT2D eigenvalue weighted by Gasteiger charge is 2.24. The van der Waals surface area contributed by atoms with E-state index in [1.54, 1.807) is 0 Å². The van der Waals surface area contributed by atoms with E-state index in [1.807, 2.05) is 30.0 Å². The Labute approximate surface area is 179 Å². The standard InChI is InChI=1S/C27H16N2S/c28-17-18-9-10-19-15-22-16-23(12-11-20(22)14-21(19)13-18)29-24-5-1-3-7-26(24)30-27-8-4-2-6-25(27)29/h1-16H. The van der Waals surface area contributed by atoms with E-state index in [9.17, 15) is 5.26 Å². The van der Waals surface area contributed by atoms with Crippen LogP contribution in [0.4, 0.5) is 17.1 Å². The topological polar surface area (TPSA) is 27.0 Å². The van der Waals surface area contributed by atoms with Gasteiger partial charge in [0.15, 0.2) is 0 Å². The van der Waals surface area contributed by atoms with Gasteiger partial charge in [-0.1, -0.05) is 48.2 Å². The number of hydrogen-bond donors (Lipinski definition) is 0. The Hall–Kier alpha value is -3.74. The predicted octanol–water partition coefficient (Wildman–Crippen LogP) is 7.80. The van der Waals surface area contributed by atoms with Crippen LogP contribution in [0, 0.1) is 11.3 Å². The van der Waals surface area contributed by atoms with Crippen molar-refractivity contribution in [2.45, 2.75) is 9.79 Å². The second-order valence-electron chi connectivity index (χ2n) is 7.43. The van der Waals surface area contributed by atoms with Crippen LogP contribution in [-0.2, 0) is 0 Å². The first-order valence-electron chi connectivity index (χ1n) is 9.84. The highest BCUT2D eigenvalue weighted by molar-refractivity contribution is 7.99. The first kappa shape index (κ1) is 17.1. The van der Waals surface area contributed by atoms with Gasteiger partial charge in [0.25, 0.3) is 0 Å². The van der Waals surface area contributed by atoms with Crippen molar-refractivity contribution in [3.05, 3.63) is 103 Å². The van der Waals surface area contributed by atoms with E-state index in [0.717, 1.165) is 16.5 Å². The Morgan fingerprint density at radius 1 is 0.600 bits per heavy atom. The van der Waals surface area contributed by atoms with Gasteiger partial charge in [-0.2, -0.15) is 5.26 Å². The summed E-state index contributed by atoms with van der Waals surface area (Å²) in [6.45, 7) is 0. The first-order chi connectivity index (χ1) is 14.8. The molecule has 2 nitrogen and oxygen atoms in total. The maximum Gasteiger partial charge on any atom is 0.0991 e. The summed E-state index contributed by atoms with van der Waals surface area (Å²) < 4.78 is 0. The molecule has 0 saturated carbocycles. The highest BCUT2D eigenvalue weighted by Crippen LogP contribution is 2.51. The maximum atomic E-state index is 9.19. The van der Waals surface area contributed by atoms with Crippen LogP contribution >= 0.6 is 11.8 Å². The summed E-state index contributed by atoms with van der Waals surface area (Å²) in [7, 11) is 0. The van der Waals surface area contributed by atoms with E-state index in [2.05, 4.69) is 89.8 Å². The van der Waals surface area contributed by atoms with Gasteiger partial charge in [-0.15, -0.1) is 0 Å². The fourth-order valence-electron chi connectivity index (χ4n) is 4.18. The van der Waals surface area contributed by atoms with Crippen molar-refractivity contribution in [2.75, 3.05) is 4.90 Å². The van der Waals surface area contributed by atoms with Crippen LogP contribution in [0.25, 0.3) is 21.5 Å². The molecular weight excluding hydrogens is 384 g/mol. The molecule has 0 aromatic heterocycles. The van der Waals surface area contributed by atoms with Crippen molar-refractivity contribution in [3.63, 3.8) is 0 Å². The number of para-hydroxylation sites is 2. The zero-order valence-electron chi connectivity index (χ0n) is 16.0. The van der Waals surface area contributed by atoms with Crippen molar-refractivity contribution >= 4 is 50.4 Å². The minimum absolute atomic E-state index is 0.692. The summed E-state index contributed by atoms with van der Waals surface area (Å²) in [4.78, 5) is 4.88. The van der Waals surface area contributed by atoms with E-state index >= 15 is 0 Å². The fraction of sp³-hybridized carbons (Fsp3) is 0. The molecule has 0 atom stereocenters. The lowest BCUT2D eigenvalue weighted by molar-refractivity contribution is 1.17. The van der Waals surface area contributed by atoms with Crippen LogP contribution < -0.4 is 4.90 Å². The van der Waals surface area contributed by atoms with Crippen LogP contribution in [0.3, 0.4) is 0 Å². The molecule has 0 amide bonds. The van der Waals surface area contributed by atoms with Crippen molar-refractivity contribution < 1.29 is 0 Å². The average Bonchev–Trinajstić information content (AvgIpc) is 2.80. The van der Waals surface area contributed by atoms with Gasteiger partial charge in [0, 0.05) is 15.5 Å². The monoisotopic (exact) mass is 400 g/mol. The number of nitriles is 1. The molecule has 6 rings (SSSR count). The van der Waals surface area contributed by atoms with E-state index in [-0.39, 0.29) is 0 Å². The summed E-state index contributed by atoms with van der Waals surface area (Å²) >= 11 is 1.82. The molecule has 0 radical (unpaired) electrons. The zero-order valence-corrected chi connectivity index (χ0v) is 16.9. The lowest BCUT2D eigenvalue weighted by atomic mass is 10.0. The van der Waals surface area contributed by atoms with Crippen molar-refractivity contribution in [1.29, 1.82) is 5.26 Å². The molecule has 0 fully saturated rings. The minimum atomic E-state index is 0.692. The van der Waals surface area contributed by atoms with Crippen molar-refractivity contribution in [2.24, 2.45) is 0 Å². The number of fused-ring (bicyclic) bond motifs is 4. The van der Waals surface area contributed by atoms with E-state index < -0.39 is 0 Å². The minimum Gasteiger partial charge on any atom is -0.308 e. The molecule has 0 aliphatic carbocycles. The molecule has 0 N–H and O–H groups in total. The Morgan fingerprint density at radius 2 is 1.20 bits per heavy atom. The van der Waals surface area contributed by atoms with Crippen LogP contribution in [0.15, 0.2) is 107 Å². The molecule has 5 aromatic rings. The Kier molecular flexibility index (Phi) is 3.80. The van der Waals surface area contributed by atoms with E-state index in [0.29, 0.717) is 5.56 Å². The van der Waals surface area contributed by atoms with Gasteiger partial charge in [0.2, 0.25) is 0 Å². The van der Waals surface area contributed by atoms with Gasteiger partial charge < -0.3 is 4.90 Å². The first-order valence-corrected chi connectivity index (χ1v) is 10.7. The Bertz CT molecular complexity index is 1450. The number of hydrogen-bond acceptors (Lipinski definition) is 3. The largest absolute Gasteiger partial charge is 0.308 e.